The van der Waals surface area contributed by atoms with Crippen molar-refractivity contribution in [3.05, 3.63) is 34.5 Å². The Labute approximate surface area is 101 Å². The van der Waals surface area contributed by atoms with Gasteiger partial charge in [0.2, 0.25) is 0 Å². The van der Waals surface area contributed by atoms with Crippen LogP contribution in [-0.4, -0.2) is 4.98 Å². The van der Waals surface area contributed by atoms with Crippen molar-refractivity contribution < 1.29 is 0 Å². The topological polar surface area (TPSA) is 41.8 Å². The van der Waals surface area contributed by atoms with Gasteiger partial charge in [-0.15, -0.1) is 0 Å². The molecule has 2 aromatic rings. The van der Waals surface area contributed by atoms with Crippen LogP contribution in [0.2, 0.25) is 5.02 Å². The smallest absolute Gasteiger partial charge is 0.0648 e. The summed E-state index contributed by atoms with van der Waals surface area (Å²) in [5, 5.41) is 1.90. The lowest BCUT2D eigenvalue weighted by Crippen LogP contribution is -2.17. The lowest BCUT2D eigenvalue weighted by molar-refractivity contribution is 0.515. The minimum atomic E-state index is 0.0483. The van der Waals surface area contributed by atoms with Gasteiger partial charge in [0.05, 0.1) is 10.5 Å². The van der Waals surface area contributed by atoms with Crippen molar-refractivity contribution in [2.24, 2.45) is 11.7 Å². The molecule has 0 saturated heterocycles. The van der Waals surface area contributed by atoms with Gasteiger partial charge in [-0.05, 0) is 24.5 Å². The number of halogens is 1. The number of nitrogens with two attached hydrogens (primary N) is 1. The molecule has 1 unspecified atom stereocenters. The molecule has 0 fully saturated rings. The van der Waals surface area contributed by atoms with E-state index in [1.807, 2.05) is 19.1 Å². The predicted molar refractivity (Wildman–Crippen MR) is 69.8 cm³/mol. The Morgan fingerprint density at radius 1 is 1.31 bits per heavy atom. The molecule has 0 saturated carbocycles. The Morgan fingerprint density at radius 2 is 2.00 bits per heavy atom. The Hall–Kier alpha value is -0.990. The third-order valence-electron chi connectivity index (χ3n) is 3.07. The monoisotopic (exact) mass is 236 g/mol. The first kappa shape index (κ1) is 11.5. The van der Waals surface area contributed by atoms with Crippen molar-refractivity contribution in [3.63, 3.8) is 0 Å². The molecule has 1 aromatic carbocycles. The molecule has 0 amide bonds. The van der Waals surface area contributed by atoms with Gasteiger partial charge in [0.25, 0.3) is 0 Å². The highest BCUT2D eigenvalue weighted by molar-refractivity contribution is 6.35. The summed E-state index contributed by atoms with van der Waals surface area (Å²) in [6, 6.07) is 5.98. The van der Waals surface area contributed by atoms with Crippen LogP contribution in [0.3, 0.4) is 0 Å². The van der Waals surface area contributed by atoms with Gasteiger partial charge in [-0.1, -0.05) is 37.6 Å². The van der Waals surface area contributed by atoms with Gasteiger partial charge in [-0.3, -0.25) is 0 Å². The minimum absolute atomic E-state index is 0.0483. The van der Waals surface area contributed by atoms with Crippen LogP contribution in [0, 0.1) is 12.8 Å². The molecule has 16 heavy (non-hydrogen) atoms. The largest absolute Gasteiger partial charge is 0.357 e. The average Bonchev–Trinajstić information content (AvgIpc) is 2.55. The maximum atomic E-state index is 6.24. The van der Waals surface area contributed by atoms with Crippen LogP contribution < -0.4 is 5.73 Å². The van der Waals surface area contributed by atoms with Gasteiger partial charge >= 0.3 is 0 Å². The number of para-hydroxylation sites is 1. The van der Waals surface area contributed by atoms with Gasteiger partial charge < -0.3 is 10.7 Å². The van der Waals surface area contributed by atoms with Gasteiger partial charge in [-0.2, -0.15) is 0 Å². The molecule has 0 aliphatic heterocycles. The van der Waals surface area contributed by atoms with Crippen LogP contribution in [0.5, 0.6) is 0 Å². The molecule has 0 spiro atoms. The van der Waals surface area contributed by atoms with Crippen LogP contribution in [0.1, 0.15) is 31.1 Å². The number of rotatable bonds is 2. The zero-order valence-electron chi connectivity index (χ0n) is 9.84. The molecule has 3 N–H and O–H groups in total. The summed E-state index contributed by atoms with van der Waals surface area (Å²) in [6.45, 7) is 6.31. The SMILES string of the molecule is Cc1[nH]c2c(Cl)cccc2c1C(N)C(C)C. The number of benzene rings is 1. The first-order valence-electron chi connectivity index (χ1n) is 5.54. The predicted octanol–water partition coefficient (Wildman–Crippen LogP) is 3.79. The lowest BCUT2D eigenvalue weighted by atomic mass is 9.95. The van der Waals surface area contributed by atoms with E-state index in [1.165, 1.54) is 5.56 Å². The molecule has 0 aliphatic rings. The molecule has 1 aromatic heterocycles. The third kappa shape index (κ3) is 1.72. The second kappa shape index (κ2) is 4.11. The van der Waals surface area contributed by atoms with E-state index in [2.05, 4.69) is 24.9 Å². The summed E-state index contributed by atoms with van der Waals surface area (Å²) in [5.74, 6) is 0.414. The maximum Gasteiger partial charge on any atom is 0.0648 e. The third-order valence-corrected chi connectivity index (χ3v) is 3.39. The summed E-state index contributed by atoms with van der Waals surface area (Å²) in [7, 11) is 0. The van der Waals surface area contributed by atoms with E-state index < -0.39 is 0 Å². The quantitative estimate of drug-likeness (QED) is 0.819. The molecule has 3 heteroatoms. The second-order valence-corrected chi connectivity index (χ2v) is 5.00. The van der Waals surface area contributed by atoms with E-state index in [0.717, 1.165) is 21.6 Å². The average molecular weight is 237 g/mol. The van der Waals surface area contributed by atoms with Crippen molar-refractivity contribution in [1.82, 2.24) is 4.98 Å². The van der Waals surface area contributed by atoms with Crippen LogP contribution in [0.15, 0.2) is 18.2 Å². The second-order valence-electron chi connectivity index (χ2n) is 4.60. The molecule has 86 valence electrons. The number of hydrogen-bond donors (Lipinski definition) is 2. The minimum Gasteiger partial charge on any atom is -0.357 e. The first-order chi connectivity index (χ1) is 7.52. The van der Waals surface area contributed by atoms with E-state index in [-0.39, 0.29) is 6.04 Å². The van der Waals surface area contributed by atoms with E-state index in [9.17, 15) is 0 Å². The lowest BCUT2D eigenvalue weighted by Gasteiger charge is -2.16. The number of fused-ring (bicyclic) bond motifs is 1. The summed E-state index contributed by atoms with van der Waals surface area (Å²) < 4.78 is 0. The van der Waals surface area contributed by atoms with E-state index in [4.69, 9.17) is 17.3 Å². The highest BCUT2D eigenvalue weighted by Crippen LogP contribution is 2.33. The molecule has 1 heterocycles. The number of H-pyrrole nitrogens is 1. The molecular formula is C13H17ClN2. The number of aromatic nitrogens is 1. The van der Waals surface area contributed by atoms with Gasteiger partial charge in [0.1, 0.15) is 0 Å². The van der Waals surface area contributed by atoms with Crippen molar-refractivity contribution >= 4 is 22.5 Å². The Morgan fingerprint density at radius 3 is 2.62 bits per heavy atom. The van der Waals surface area contributed by atoms with Crippen LogP contribution in [0.4, 0.5) is 0 Å². The van der Waals surface area contributed by atoms with E-state index >= 15 is 0 Å². The van der Waals surface area contributed by atoms with Crippen molar-refractivity contribution in [1.29, 1.82) is 0 Å². The molecular weight excluding hydrogens is 220 g/mol. The van der Waals surface area contributed by atoms with E-state index in [0.29, 0.717) is 5.92 Å². The molecule has 0 bridgehead atoms. The highest BCUT2D eigenvalue weighted by atomic mass is 35.5. The maximum absolute atomic E-state index is 6.24. The Kier molecular flexibility index (Phi) is 2.96. The fourth-order valence-corrected chi connectivity index (χ4v) is 2.32. The highest BCUT2D eigenvalue weighted by Gasteiger charge is 2.18. The van der Waals surface area contributed by atoms with Gasteiger partial charge in [0.15, 0.2) is 0 Å². The number of hydrogen-bond acceptors (Lipinski definition) is 1. The zero-order chi connectivity index (χ0) is 11.9. The number of aromatic amines is 1. The Balaban J connectivity index is 2.70. The van der Waals surface area contributed by atoms with Crippen molar-refractivity contribution in [2.75, 3.05) is 0 Å². The van der Waals surface area contributed by atoms with Crippen molar-refractivity contribution in [3.8, 4) is 0 Å². The number of aryl methyl sites for hydroxylation is 1. The standard InChI is InChI=1S/C13H17ClN2/c1-7(2)12(15)11-8(3)16-13-9(11)5-4-6-10(13)14/h4-7,12,16H,15H2,1-3H3. The van der Waals surface area contributed by atoms with Crippen LogP contribution in [-0.2, 0) is 0 Å². The summed E-state index contributed by atoms with van der Waals surface area (Å²) >= 11 is 6.15. The molecule has 0 aliphatic carbocycles. The van der Waals surface area contributed by atoms with Crippen LogP contribution >= 0.6 is 11.6 Å². The summed E-state index contributed by atoms with van der Waals surface area (Å²) in [5.41, 5.74) is 9.53. The summed E-state index contributed by atoms with van der Waals surface area (Å²) in [6.07, 6.45) is 0. The van der Waals surface area contributed by atoms with Crippen LogP contribution in [0.25, 0.3) is 10.9 Å². The molecule has 1 atom stereocenters. The molecule has 0 radical (unpaired) electrons. The summed E-state index contributed by atoms with van der Waals surface area (Å²) in [4.78, 5) is 3.32. The normalized spacial score (nSPS) is 13.6. The fraction of sp³-hybridized carbons (Fsp3) is 0.385. The first-order valence-corrected chi connectivity index (χ1v) is 5.92. The Bertz CT molecular complexity index is 514. The van der Waals surface area contributed by atoms with E-state index in [1.54, 1.807) is 0 Å². The van der Waals surface area contributed by atoms with Gasteiger partial charge in [-0.25, -0.2) is 0 Å². The molecule has 2 rings (SSSR count). The number of nitrogens with one attached hydrogen (secondary N) is 1. The fourth-order valence-electron chi connectivity index (χ4n) is 2.10. The molecule has 2 nitrogen and oxygen atoms in total. The van der Waals surface area contributed by atoms with Crippen molar-refractivity contribution in [2.45, 2.75) is 26.8 Å². The van der Waals surface area contributed by atoms with Gasteiger partial charge in [0, 0.05) is 17.1 Å². The zero-order valence-corrected chi connectivity index (χ0v) is 10.6.